The number of hydrogen-bond acceptors (Lipinski definition) is 5. The van der Waals surface area contributed by atoms with Crippen molar-refractivity contribution in [2.75, 3.05) is 19.5 Å². The summed E-state index contributed by atoms with van der Waals surface area (Å²) >= 11 is 0. The number of carbonyl (C=O) groups is 2. The average Bonchev–Trinajstić information content (AvgIpc) is 2.79. The van der Waals surface area contributed by atoms with Gasteiger partial charge < -0.3 is 19.7 Å². The van der Waals surface area contributed by atoms with Crippen LogP contribution in [0.1, 0.15) is 28.5 Å². The predicted molar refractivity (Wildman–Crippen MR) is 118 cm³/mol. The minimum absolute atomic E-state index is 0.144. The lowest BCUT2D eigenvalue weighted by Crippen LogP contribution is -2.30. The molecule has 1 heterocycles. The highest BCUT2D eigenvalue weighted by Gasteiger charge is 2.18. The second-order valence-corrected chi connectivity index (χ2v) is 6.93. The summed E-state index contributed by atoms with van der Waals surface area (Å²) in [5, 5.41) is 2.70. The summed E-state index contributed by atoms with van der Waals surface area (Å²) in [5.74, 6) is 0.923. The molecule has 31 heavy (non-hydrogen) atoms. The van der Waals surface area contributed by atoms with Gasteiger partial charge >= 0.3 is 0 Å². The molecule has 0 bridgehead atoms. The van der Waals surface area contributed by atoms with E-state index in [4.69, 9.17) is 9.47 Å². The molecule has 1 N–H and O–H groups in total. The second-order valence-electron chi connectivity index (χ2n) is 6.93. The van der Waals surface area contributed by atoms with Crippen LogP contribution >= 0.6 is 0 Å². The van der Waals surface area contributed by atoms with Gasteiger partial charge in [0, 0.05) is 30.9 Å². The molecule has 7 heteroatoms. The fourth-order valence-corrected chi connectivity index (χ4v) is 3.17. The van der Waals surface area contributed by atoms with Crippen molar-refractivity contribution in [3.8, 4) is 11.5 Å². The van der Waals surface area contributed by atoms with Gasteiger partial charge in [0.05, 0.1) is 26.5 Å². The summed E-state index contributed by atoms with van der Waals surface area (Å²) in [6.07, 6.45) is 1.70. The number of aromatic nitrogens is 1. The van der Waals surface area contributed by atoms with Gasteiger partial charge in [-0.1, -0.05) is 12.1 Å². The van der Waals surface area contributed by atoms with Crippen LogP contribution < -0.4 is 14.8 Å². The van der Waals surface area contributed by atoms with Crippen molar-refractivity contribution in [1.82, 2.24) is 9.88 Å². The maximum atomic E-state index is 13.3. The van der Waals surface area contributed by atoms with E-state index in [9.17, 15) is 9.59 Å². The van der Waals surface area contributed by atoms with Crippen LogP contribution in [0.5, 0.6) is 11.5 Å². The summed E-state index contributed by atoms with van der Waals surface area (Å²) in [4.78, 5) is 30.6. The molecule has 0 saturated heterocycles. The molecule has 0 unspecified atom stereocenters. The lowest BCUT2D eigenvalue weighted by Gasteiger charge is -2.23. The highest BCUT2D eigenvalue weighted by atomic mass is 16.5. The van der Waals surface area contributed by atoms with E-state index < -0.39 is 0 Å². The molecule has 0 spiro atoms. The van der Waals surface area contributed by atoms with Crippen LogP contribution in [0.3, 0.4) is 0 Å². The number of hydrogen-bond donors (Lipinski definition) is 1. The molecular weight excluding hydrogens is 394 g/mol. The van der Waals surface area contributed by atoms with Crippen molar-refractivity contribution in [1.29, 1.82) is 0 Å². The van der Waals surface area contributed by atoms with E-state index in [0.717, 1.165) is 11.3 Å². The van der Waals surface area contributed by atoms with E-state index in [2.05, 4.69) is 10.3 Å². The van der Waals surface area contributed by atoms with Gasteiger partial charge in [0.15, 0.2) is 11.5 Å². The summed E-state index contributed by atoms with van der Waals surface area (Å²) < 4.78 is 10.7. The van der Waals surface area contributed by atoms with E-state index in [0.29, 0.717) is 35.8 Å². The van der Waals surface area contributed by atoms with E-state index in [1.165, 1.54) is 6.92 Å². The maximum Gasteiger partial charge on any atom is 0.254 e. The molecule has 0 radical (unpaired) electrons. The zero-order valence-electron chi connectivity index (χ0n) is 17.8. The lowest BCUT2D eigenvalue weighted by molar-refractivity contribution is -0.114. The van der Waals surface area contributed by atoms with Crippen molar-refractivity contribution in [2.45, 2.75) is 20.0 Å². The molecule has 0 fully saturated rings. The highest BCUT2D eigenvalue weighted by Crippen LogP contribution is 2.28. The van der Waals surface area contributed by atoms with Gasteiger partial charge in [-0.05, 0) is 54.1 Å². The molecule has 0 aliphatic carbocycles. The first-order chi connectivity index (χ1) is 15.0. The maximum absolute atomic E-state index is 13.3. The lowest BCUT2D eigenvalue weighted by atomic mass is 10.1. The molecule has 3 rings (SSSR count). The van der Waals surface area contributed by atoms with E-state index >= 15 is 0 Å². The van der Waals surface area contributed by atoms with E-state index in [1.54, 1.807) is 49.6 Å². The highest BCUT2D eigenvalue weighted by molar-refractivity contribution is 5.95. The summed E-state index contributed by atoms with van der Waals surface area (Å²) in [5.41, 5.74) is 2.84. The fourth-order valence-electron chi connectivity index (χ4n) is 3.17. The Morgan fingerprint density at radius 1 is 0.935 bits per heavy atom. The van der Waals surface area contributed by atoms with Crippen LogP contribution in [-0.4, -0.2) is 35.9 Å². The summed E-state index contributed by atoms with van der Waals surface area (Å²) in [6.45, 7) is 2.15. The third kappa shape index (κ3) is 5.82. The minimum atomic E-state index is -0.163. The smallest absolute Gasteiger partial charge is 0.254 e. The number of ether oxygens (including phenoxy) is 2. The molecule has 1 aromatic heterocycles. The quantitative estimate of drug-likeness (QED) is 0.599. The third-order valence-corrected chi connectivity index (χ3v) is 4.64. The normalized spacial score (nSPS) is 10.3. The van der Waals surface area contributed by atoms with Crippen molar-refractivity contribution in [3.05, 3.63) is 83.7 Å². The Labute approximate surface area is 181 Å². The van der Waals surface area contributed by atoms with Gasteiger partial charge in [-0.2, -0.15) is 0 Å². The molecular formula is C24H25N3O4. The predicted octanol–water partition coefficient (Wildman–Crippen LogP) is 3.90. The van der Waals surface area contributed by atoms with Crippen molar-refractivity contribution >= 4 is 17.5 Å². The Balaban J connectivity index is 1.87. The Bertz CT molecular complexity index is 1040. The van der Waals surface area contributed by atoms with Gasteiger partial charge in [0.2, 0.25) is 5.91 Å². The van der Waals surface area contributed by atoms with Crippen LogP contribution in [0.4, 0.5) is 5.69 Å². The average molecular weight is 419 g/mol. The molecule has 2 amide bonds. The second kappa shape index (κ2) is 10.2. The topological polar surface area (TPSA) is 80.8 Å². The monoisotopic (exact) mass is 419 g/mol. The number of carbonyl (C=O) groups excluding carboxylic acids is 2. The molecule has 0 atom stereocenters. The fraction of sp³-hybridized carbons (Fsp3) is 0.208. The zero-order valence-corrected chi connectivity index (χ0v) is 17.8. The van der Waals surface area contributed by atoms with Crippen LogP contribution in [0.2, 0.25) is 0 Å². The Hall–Kier alpha value is -3.87. The molecule has 2 aromatic carbocycles. The number of amides is 2. The number of benzene rings is 2. The largest absolute Gasteiger partial charge is 0.493 e. The van der Waals surface area contributed by atoms with Crippen molar-refractivity contribution in [3.63, 3.8) is 0 Å². The van der Waals surface area contributed by atoms with Gasteiger partial charge in [-0.3, -0.25) is 14.6 Å². The summed E-state index contributed by atoms with van der Waals surface area (Å²) in [6, 6.07) is 18.0. The molecule has 3 aromatic rings. The number of nitrogens with one attached hydrogen (secondary N) is 1. The first-order valence-corrected chi connectivity index (χ1v) is 9.78. The number of nitrogens with zero attached hydrogens (tertiary/aromatic N) is 2. The van der Waals surface area contributed by atoms with Crippen molar-refractivity contribution in [2.24, 2.45) is 0 Å². The van der Waals surface area contributed by atoms with Gasteiger partial charge in [-0.15, -0.1) is 0 Å². The van der Waals surface area contributed by atoms with Crippen LogP contribution in [0.15, 0.2) is 66.9 Å². The van der Waals surface area contributed by atoms with E-state index in [1.807, 2.05) is 36.4 Å². The minimum Gasteiger partial charge on any atom is -0.493 e. The van der Waals surface area contributed by atoms with Gasteiger partial charge in [-0.25, -0.2) is 0 Å². The first-order valence-electron chi connectivity index (χ1n) is 9.78. The number of rotatable bonds is 8. The molecule has 160 valence electrons. The Kier molecular flexibility index (Phi) is 7.22. The molecule has 0 aliphatic heterocycles. The third-order valence-electron chi connectivity index (χ3n) is 4.64. The number of pyridine rings is 1. The summed E-state index contributed by atoms with van der Waals surface area (Å²) in [7, 11) is 3.16. The van der Waals surface area contributed by atoms with Crippen molar-refractivity contribution < 1.29 is 19.1 Å². The first kappa shape index (κ1) is 21.8. The van der Waals surface area contributed by atoms with Crippen LogP contribution in [0, 0.1) is 0 Å². The Morgan fingerprint density at radius 3 is 2.29 bits per heavy atom. The standard InChI is InChI=1S/C24H25N3O4/c1-17(28)26-20-10-8-19(9-11-20)24(29)27(16-21-6-4-5-13-25-21)15-18-7-12-22(30-2)23(14-18)31-3/h4-14H,15-16H2,1-3H3,(H,26,28). The van der Waals surface area contributed by atoms with Crippen LogP contribution in [0.25, 0.3) is 0 Å². The molecule has 0 saturated carbocycles. The van der Waals surface area contributed by atoms with E-state index in [-0.39, 0.29) is 11.8 Å². The number of methoxy groups -OCH3 is 2. The number of anilines is 1. The molecule has 7 nitrogen and oxygen atoms in total. The van der Waals surface area contributed by atoms with Gasteiger partial charge in [0.25, 0.3) is 5.91 Å². The SMILES string of the molecule is COc1ccc(CN(Cc2ccccn2)C(=O)c2ccc(NC(C)=O)cc2)cc1OC. The Morgan fingerprint density at radius 2 is 1.68 bits per heavy atom. The molecule has 0 aliphatic rings. The van der Waals surface area contributed by atoms with Gasteiger partial charge in [0.1, 0.15) is 0 Å². The zero-order chi connectivity index (χ0) is 22.2. The van der Waals surface area contributed by atoms with Crippen LogP contribution in [-0.2, 0) is 17.9 Å².